The van der Waals surface area contributed by atoms with Gasteiger partial charge in [0.2, 0.25) is 5.91 Å². The molecule has 9 nitrogen and oxygen atoms in total. The van der Waals surface area contributed by atoms with Gasteiger partial charge < -0.3 is 40.3 Å². The SMILES string of the molecule is CC/C=C\C/C=C\C/C=C\C/C=C\C/C=C\C/C=C\C/C=C\CCCCCCCCCCCC(=O)NC(COC1OC(CO)C(O)C(O)C1O)C(O)/C=C/CCCCCC. The Kier molecular flexibility index (Phi) is 36.9. The Bertz CT molecular complexity index is 1250. The Hall–Kier alpha value is -2.89. The monoisotopic (exact) mass is 840 g/mol. The molecule has 9 heteroatoms. The average Bonchev–Trinajstić information content (AvgIpc) is 3.25. The van der Waals surface area contributed by atoms with Crippen LogP contribution in [0.1, 0.15) is 162 Å². The second kappa shape index (κ2) is 40.2. The normalized spacial score (nSPS) is 21.5. The van der Waals surface area contributed by atoms with Crippen LogP contribution in [0.4, 0.5) is 0 Å². The molecule has 1 aliphatic rings. The lowest BCUT2D eigenvalue weighted by Crippen LogP contribution is -2.60. The van der Waals surface area contributed by atoms with Crippen LogP contribution in [-0.2, 0) is 14.3 Å². The predicted octanol–water partition coefficient (Wildman–Crippen LogP) is 10.1. The van der Waals surface area contributed by atoms with Gasteiger partial charge >= 0.3 is 0 Å². The zero-order valence-electron chi connectivity index (χ0n) is 37.4. The van der Waals surface area contributed by atoms with Gasteiger partial charge in [0.15, 0.2) is 6.29 Å². The summed E-state index contributed by atoms with van der Waals surface area (Å²) in [5.41, 5.74) is 0. The molecular weight excluding hydrogens is 755 g/mol. The number of hydrogen-bond acceptors (Lipinski definition) is 8. The highest BCUT2D eigenvalue weighted by Crippen LogP contribution is 2.22. The minimum atomic E-state index is -1.57. The fraction of sp³-hybridized carbons (Fsp3) is 0.667. The highest BCUT2D eigenvalue weighted by atomic mass is 16.7. The van der Waals surface area contributed by atoms with E-state index in [1.807, 2.05) is 6.08 Å². The van der Waals surface area contributed by atoms with E-state index in [4.69, 9.17) is 9.47 Å². The van der Waals surface area contributed by atoms with Gasteiger partial charge in [0.1, 0.15) is 24.4 Å². The van der Waals surface area contributed by atoms with Crippen molar-refractivity contribution in [1.82, 2.24) is 5.32 Å². The maximum Gasteiger partial charge on any atom is 0.220 e. The molecule has 0 spiro atoms. The number of allylic oxidation sites excluding steroid dienone is 15. The molecule has 0 radical (unpaired) electrons. The summed E-state index contributed by atoms with van der Waals surface area (Å²) >= 11 is 0. The first-order valence-corrected chi connectivity index (χ1v) is 23.5. The van der Waals surface area contributed by atoms with E-state index in [0.717, 1.165) is 109 Å². The van der Waals surface area contributed by atoms with Gasteiger partial charge in [0.05, 0.1) is 25.4 Å². The predicted molar refractivity (Wildman–Crippen MR) is 248 cm³/mol. The standard InChI is InChI=1S/C51H85NO8/c1-3-5-7-9-11-12-13-14-15-16-17-18-19-20-21-22-23-24-25-26-27-28-29-30-31-32-33-34-35-37-39-41-47(55)52-44(45(54)40-38-36-10-8-6-4-2)43-59-51-50(58)49(57)48(56)46(42-53)60-51/h5,7,11-12,14-15,17-18,20-21,23-24,26-27,38,40,44-46,48-51,53-54,56-58H,3-4,6,8-10,13,16,19,22,25,28-37,39,41-43H2,1-2H3,(H,52,55)/b7-5-,12-11-,15-14-,18-17-,21-20-,24-23-,27-26-,40-38+. The molecule has 342 valence electrons. The lowest BCUT2D eigenvalue weighted by atomic mass is 9.99. The van der Waals surface area contributed by atoms with Gasteiger partial charge in [-0.3, -0.25) is 4.79 Å². The maximum atomic E-state index is 12.9. The van der Waals surface area contributed by atoms with E-state index in [1.165, 1.54) is 32.1 Å². The third kappa shape index (κ3) is 30.2. The molecule has 1 saturated heterocycles. The van der Waals surface area contributed by atoms with E-state index in [-0.39, 0.29) is 12.5 Å². The maximum absolute atomic E-state index is 12.9. The van der Waals surface area contributed by atoms with Crippen molar-refractivity contribution in [1.29, 1.82) is 0 Å². The lowest BCUT2D eigenvalue weighted by molar-refractivity contribution is -0.302. The first kappa shape index (κ1) is 55.1. The van der Waals surface area contributed by atoms with Crippen molar-refractivity contribution in [2.75, 3.05) is 13.2 Å². The quantitative estimate of drug-likeness (QED) is 0.0268. The third-order valence-corrected chi connectivity index (χ3v) is 10.4. The Morgan fingerprint density at radius 1 is 0.583 bits per heavy atom. The molecule has 6 N–H and O–H groups in total. The summed E-state index contributed by atoms with van der Waals surface area (Å²) in [6, 6.07) is -0.810. The Morgan fingerprint density at radius 3 is 1.53 bits per heavy atom. The van der Waals surface area contributed by atoms with Crippen LogP contribution < -0.4 is 5.32 Å². The van der Waals surface area contributed by atoms with Gasteiger partial charge in [-0.15, -0.1) is 0 Å². The molecule has 0 aromatic carbocycles. The van der Waals surface area contributed by atoms with E-state index >= 15 is 0 Å². The molecule has 1 rings (SSSR count). The summed E-state index contributed by atoms with van der Waals surface area (Å²) in [4.78, 5) is 12.9. The van der Waals surface area contributed by atoms with Crippen molar-refractivity contribution < 1.29 is 39.8 Å². The largest absolute Gasteiger partial charge is 0.394 e. The van der Waals surface area contributed by atoms with Crippen molar-refractivity contribution in [3.05, 3.63) is 97.2 Å². The van der Waals surface area contributed by atoms with Crippen molar-refractivity contribution in [2.24, 2.45) is 0 Å². The van der Waals surface area contributed by atoms with Crippen LogP contribution in [0.25, 0.3) is 0 Å². The molecule has 0 saturated carbocycles. The number of aliphatic hydroxyl groups excluding tert-OH is 5. The summed E-state index contributed by atoms with van der Waals surface area (Å²) in [6.45, 7) is 3.54. The average molecular weight is 840 g/mol. The molecule has 7 atom stereocenters. The van der Waals surface area contributed by atoms with Crippen molar-refractivity contribution in [2.45, 2.75) is 204 Å². The number of unbranched alkanes of at least 4 members (excludes halogenated alkanes) is 13. The number of carbonyl (C=O) groups excluding carboxylic acids is 1. The second-order valence-corrected chi connectivity index (χ2v) is 15.8. The van der Waals surface area contributed by atoms with Crippen LogP contribution in [0.2, 0.25) is 0 Å². The molecule has 1 heterocycles. The number of ether oxygens (including phenoxy) is 2. The van der Waals surface area contributed by atoms with Crippen molar-refractivity contribution >= 4 is 5.91 Å². The van der Waals surface area contributed by atoms with Crippen LogP contribution in [0.15, 0.2) is 97.2 Å². The Labute approximate surface area is 364 Å². The lowest BCUT2D eigenvalue weighted by Gasteiger charge is -2.40. The molecule has 0 aromatic rings. The number of amides is 1. The molecule has 60 heavy (non-hydrogen) atoms. The first-order chi connectivity index (χ1) is 29.3. The van der Waals surface area contributed by atoms with Crippen LogP contribution in [0, 0.1) is 0 Å². The van der Waals surface area contributed by atoms with E-state index < -0.39 is 49.5 Å². The van der Waals surface area contributed by atoms with E-state index in [1.54, 1.807) is 6.08 Å². The van der Waals surface area contributed by atoms with Crippen LogP contribution in [0.5, 0.6) is 0 Å². The van der Waals surface area contributed by atoms with Gasteiger partial charge in [0.25, 0.3) is 0 Å². The topological polar surface area (TPSA) is 149 Å². The summed E-state index contributed by atoms with van der Waals surface area (Å²) in [5, 5.41) is 53.8. The number of aliphatic hydroxyl groups is 5. The van der Waals surface area contributed by atoms with Crippen LogP contribution >= 0.6 is 0 Å². The number of hydrogen-bond donors (Lipinski definition) is 6. The number of nitrogens with one attached hydrogen (secondary N) is 1. The third-order valence-electron chi connectivity index (χ3n) is 10.4. The zero-order valence-corrected chi connectivity index (χ0v) is 37.4. The molecule has 0 aliphatic carbocycles. The minimum Gasteiger partial charge on any atom is -0.394 e. The number of carbonyl (C=O) groups is 1. The minimum absolute atomic E-state index is 0.195. The van der Waals surface area contributed by atoms with E-state index in [9.17, 15) is 30.3 Å². The molecule has 7 unspecified atom stereocenters. The Balaban J connectivity index is 2.15. The summed E-state index contributed by atoms with van der Waals surface area (Å²) in [7, 11) is 0. The summed E-state index contributed by atoms with van der Waals surface area (Å²) in [6.07, 6.45) is 50.7. The fourth-order valence-electron chi connectivity index (χ4n) is 6.66. The van der Waals surface area contributed by atoms with Crippen LogP contribution in [0.3, 0.4) is 0 Å². The van der Waals surface area contributed by atoms with Gasteiger partial charge in [-0.25, -0.2) is 0 Å². The second-order valence-electron chi connectivity index (χ2n) is 15.8. The summed E-state index contributed by atoms with van der Waals surface area (Å²) < 4.78 is 11.1. The molecule has 0 aromatic heterocycles. The highest BCUT2D eigenvalue weighted by Gasteiger charge is 2.44. The van der Waals surface area contributed by atoms with E-state index in [2.05, 4.69) is 104 Å². The van der Waals surface area contributed by atoms with Crippen molar-refractivity contribution in [3.8, 4) is 0 Å². The zero-order chi connectivity index (χ0) is 43.7. The molecule has 1 aliphatic heterocycles. The molecule has 0 bridgehead atoms. The molecule has 1 fully saturated rings. The fourth-order valence-corrected chi connectivity index (χ4v) is 6.66. The van der Waals surface area contributed by atoms with E-state index in [0.29, 0.717) is 6.42 Å². The number of rotatable bonds is 37. The smallest absolute Gasteiger partial charge is 0.220 e. The summed E-state index contributed by atoms with van der Waals surface area (Å²) in [5.74, 6) is -0.195. The molecular formula is C51H85NO8. The van der Waals surface area contributed by atoms with Crippen molar-refractivity contribution in [3.63, 3.8) is 0 Å². The van der Waals surface area contributed by atoms with Gasteiger partial charge in [-0.2, -0.15) is 0 Å². The highest BCUT2D eigenvalue weighted by molar-refractivity contribution is 5.76. The molecule has 1 amide bonds. The Morgan fingerprint density at radius 2 is 1.03 bits per heavy atom. The van der Waals surface area contributed by atoms with Gasteiger partial charge in [-0.05, 0) is 77.0 Å². The van der Waals surface area contributed by atoms with Gasteiger partial charge in [-0.1, -0.05) is 175 Å². The first-order valence-electron chi connectivity index (χ1n) is 23.5. The van der Waals surface area contributed by atoms with Gasteiger partial charge in [0, 0.05) is 6.42 Å². The van der Waals surface area contributed by atoms with Crippen LogP contribution in [-0.4, -0.2) is 87.5 Å².